The molecule has 1 unspecified atom stereocenters. The minimum Gasteiger partial charge on any atom is -0.496 e. The summed E-state index contributed by atoms with van der Waals surface area (Å²) in [6.07, 6.45) is 0. The molecule has 0 saturated carbocycles. The predicted octanol–water partition coefficient (Wildman–Crippen LogP) is 5.14. The van der Waals surface area contributed by atoms with Crippen LogP contribution in [-0.4, -0.2) is 30.2 Å². The lowest BCUT2D eigenvalue weighted by Crippen LogP contribution is -2.30. The standard InChI is InChI=1S/C17H14BrClFNO2S/c1-23-15-5-2-10(18)8-13(15)17-21(6-7-24-17)16(22)12-4-3-11(20)9-14(12)19/h2-5,8-9,17H,6-7H2,1H3. The highest BCUT2D eigenvalue weighted by Gasteiger charge is 2.34. The number of hydrogen-bond donors (Lipinski definition) is 0. The van der Waals surface area contributed by atoms with Crippen LogP contribution in [0, 0.1) is 5.82 Å². The van der Waals surface area contributed by atoms with Crippen molar-refractivity contribution >= 4 is 45.2 Å². The first-order valence-electron chi connectivity index (χ1n) is 7.22. The van der Waals surface area contributed by atoms with Gasteiger partial charge >= 0.3 is 0 Å². The number of amides is 1. The zero-order valence-electron chi connectivity index (χ0n) is 12.8. The van der Waals surface area contributed by atoms with E-state index in [1.807, 2.05) is 18.2 Å². The molecule has 0 aliphatic carbocycles. The van der Waals surface area contributed by atoms with Crippen molar-refractivity contribution in [2.75, 3.05) is 19.4 Å². The fraction of sp³-hybridized carbons (Fsp3) is 0.235. The fourth-order valence-corrected chi connectivity index (χ4v) is 4.55. The molecule has 24 heavy (non-hydrogen) atoms. The molecular formula is C17H14BrClFNO2S. The quantitative estimate of drug-likeness (QED) is 0.675. The van der Waals surface area contributed by atoms with Crippen molar-refractivity contribution in [2.24, 2.45) is 0 Å². The van der Waals surface area contributed by atoms with Gasteiger partial charge < -0.3 is 9.64 Å². The molecule has 0 N–H and O–H groups in total. The van der Waals surface area contributed by atoms with E-state index in [0.29, 0.717) is 12.1 Å². The Morgan fingerprint density at radius 2 is 2.17 bits per heavy atom. The molecule has 126 valence electrons. The van der Waals surface area contributed by atoms with Gasteiger partial charge in [0.2, 0.25) is 0 Å². The van der Waals surface area contributed by atoms with E-state index in [1.54, 1.807) is 23.8 Å². The van der Waals surface area contributed by atoms with E-state index in [0.717, 1.165) is 27.6 Å². The summed E-state index contributed by atoms with van der Waals surface area (Å²) in [6, 6.07) is 9.55. The maximum absolute atomic E-state index is 13.2. The van der Waals surface area contributed by atoms with Gasteiger partial charge in [-0.25, -0.2) is 4.39 Å². The Morgan fingerprint density at radius 1 is 1.38 bits per heavy atom. The second-order valence-electron chi connectivity index (χ2n) is 5.23. The molecule has 1 amide bonds. The Balaban J connectivity index is 1.96. The molecule has 1 heterocycles. The lowest BCUT2D eigenvalue weighted by atomic mass is 10.1. The number of thioether (sulfide) groups is 1. The molecule has 0 radical (unpaired) electrons. The van der Waals surface area contributed by atoms with Crippen molar-refractivity contribution in [1.82, 2.24) is 4.90 Å². The average Bonchev–Trinajstić information content (AvgIpc) is 3.03. The number of carbonyl (C=O) groups is 1. The van der Waals surface area contributed by atoms with Gasteiger partial charge in [-0.05, 0) is 36.4 Å². The van der Waals surface area contributed by atoms with Crippen LogP contribution in [0.2, 0.25) is 5.02 Å². The van der Waals surface area contributed by atoms with Gasteiger partial charge in [0.25, 0.3) is 5.91 Å². The third kappa shape index (κ3) is 3.41. The van der Waals surface area contributed by atoms with Crippen molar-refractivity contribution in [3.05, 3.63) is 62.8 Å². The monoisotopic (exact) mass is 429 g/mol. The first-order valence-corrected chi connectivity index (χ1v) is 9.44. The highest BCUT2D eigenvalue weighted by molar-refractivity contribution is 9.10. The van der Waals surface area contributed by atoms with Gasteiger partial charge in [-0.15, -0.1) is 11.8 Å². The summed E-state index contributed by atoms with van der Waals surface area (Å²) >= 11 is 11.2. The summed E-state index contributed by atoms with van der Waals surface area (Å²) < 4.78 is 19.6. The van der Waals surface area contributed by atoms with E-state index in [4.69, 9.17) is 16.3 Å². The number of hydrogen-bond acceptors (Lipinski definition) is 3. The average molecular weight is 431 g/mol. The third-order valence-corrected chi connectivity index (χ3v) is 5.82. The minimum atomic E-state index is -0.461. The summed E-state index contributed by atoms with van der Waals surface area (Å²) in [5.74, 6) is 0.862. The number of halogens is 3. The number of methoxy groups -OCH3 is 1. The van der Waals surface area contributed by atoms with E-state index in [2.05, 4.69) is 15.9 Å². The lowest BCUT2D eigenvalue weighted by Gasteiger charge is -2.26. The summed E-state index contributed by atoms with van der Waals surface area (Å²) in [4.78, 5) is 14.6. The maximum atomic E-state index is 13.2. The second kappa shape index (κ2) is 7.33. The van der Waals surface area contributed by atoms with Crippen LogP contribution < -0.4 is 4.74 Å². The Bertz CT molecular complexity index is 789. The van der Waals surface area contributed by atoms with Crippen molar-refractivity contribution in [2.45, 2.75) is 5.37 Å². The smallest absolute Gasteiger partial charge is 0.256 e. The first-order chi connectivity index (χ1) is 11.5. The van der Waals surface area contributed by atoms with E-state index in [9.17, 15) is 9.18 Å². The summed E-state index contributed by atoms with van der Waals surface area (Å²) in [6.45, 7) is 0.595. The van der Waals surface area contributed by atoms with Gasteiger partial charge in [-0.1, -0.05) is 27.5 Å². The second-order valence-corrected chi connectivity index (χ2v) is 7.74. The summed E-state index contributed by atoms with van der Waals surface area (Å²) in [5.41, 5.74) is 1.22. The molecule has 1 fully saturated rings. The molecule has 1 aliphatic rings. The van der Waals surface area contributed by atoms with Crippen LogP contribution in [0.5, 0.6) is 5.75 Å². The molecular weight excluding hydrogens is 417 g/mol. The van der Waals surface area contributed by atoms with Gasteiger partial charge in [-0.3, -0.25) is 4.79 Å². The van der Waals surface area contributed by atoms with E-state index >= 15 is 0 Å². The zero-order valence-corrected chi connectivity index (χ0v) is 15.9. The van der Waals surface area contributed by atoms with Crippen LogP contribution >= 0.6 is 39.3 Å². The molecule has 0 spiro atoms. The molecule has 1 saturated heterocycles. The molecule has 1 aliphatic heterocycles. The van der Waals surface area contributed by atoms with Crippen molar-refractivity contribution in [3.63, 3.8) is 0 Å². The molecule has 0 aromatic heterocycles. The van der Waals surface area contributed by atoms with Crippen LogP contribution in [0.15, 0.2) is 40.9 Å². The summed E-state index contributed by atoms with van der Waals surface area (Å²) in [7, 11) is 1.61. The van der Waals surface area contributed by atoms with E-state index < -0.39 is 5.82 Å². The van der Waals surface area contributed by atoms with Crippen LogP contribution in [0.1, 0.15) is 21.3 Å². The Kier molecular flexibility index (Phi) is 5.37. The van der Waals surface area contributed by atoms with Gasteiger partial charge in [0.15, 0.2) is 0 Å². The molecule has 2 aromatic carbocycles. The number of carbonyl (C=O) groups excluding carboxylic acids is 1. The highest BCUT2D eigenvalue weighted by Crippen LogP contribution is 2.43. The molecule has 2 aromatic rings. The third-order valence-electron chi connectivity index (χ3n) is 3.77. The molecule has 7 heteroatoms. The first kappa shape index (κ1) is 17.6. The summed E-state index contributed by atoms with van der Waals surface area (Å²) in [5, 5.41) is -0.0528. The van der Waals surface area contributed by atoms with Crippen molar-refractivity contribution in [1.29, 1.82) is 0 Å². The minimum absolute atomic E-state index is 0.122. The number of benzene rings is 2. The largest absolute Gasteiger partial charge is 0.496 e. The number of rotatable bonds is 3. The van der Waals surface area contributed by atoms with E-state index in [-0.39, 0.29) is 16.3 Å². The number of ether oxygens (including phenoxy) is 1. The highest BCUT2D eigenvalue weighted by atomic mass is 79.9. The lowest BCUT2D eigenvalue weighted by molar-refractivity contribution is 0.0759. The Morgan fingerprint density at radius 3 is 2.88 bits per heavy atom. The van der Waals surface area contributed by atoms with Crippen LogP contribution in [-0.2, 0) is 0 Å². The molecule has 3 nitrogen and oxygen atoms in total. The topological polar surface area (TPSA) is 29.5 Å². The number of nitrogens with zero attached hydrogens (tertiary/aromatic N) is 1. The Labute approximate surface area is 157 Å². The predicted molar refractivity (Wildman–Crippen MR) is 98.3 cm³/mol. The molecule has 3 rings (SSSR count). The Hall–Kier alpha value is -1.24. The fourth-order valence-electron chi connectivity index (χ4n) is 2.65. The van der Waals surface area contributed by atoms with Crippen molar-refractivity contribution in [3.8, 4) is 5.75 Å². The SMILES string of the molecule is COc1ccc(Br)cc1C1SCCN1C(=O)c1ccc(F)cc1Cl. The van der Waals surface area contributed by atoms with Crippen LogP contribution in [0.4, 0.5) is 4.39 Å². The molecule has 1 atom stereocenters. The zero-order chi connectivity index (χ0) is 17.3. The van der Waals surface area contributed by atoms with Gasteiger partial charge in [-0.2, -0.15) is 0 Å². The van der Waals surface area contributed by atoms with Gasteiger partial charge in [0.1, 0.15) is 16.9 Å². The maximum Gasteiger partial charge on any atom is 0.256 e. The van der Waals surface area contributed by atoms with E-state index in [1.165, 1.54) is 12.1 Å². The van der Waals surface area contributed by atoms with Crippen LogP contribution in [0.25, 0.3) is 0 Å². The normalized spacial score (nSPS) is 17.2. The van der Waals surface area contributed by atoms with Gasteiger partial charge in [0.05, 0.1) is 17.7 Å². The van der Waals surface area contributed by atoms with Crippen molar-refractivity contribution < 1.29 is 13.9 Å². The van der Waals surface area contributed by atoms with Crippen LogP contribution in [0.3, 0.4) is 0 Å². The molecule has 0 bridgehead atoms. The van der Waals surface area contributed by atoms with Gasteiger partial charge in [0, 0.05) is 22.3 Å².